The van der Waals surface area contributed by atoms with E-state index in [1.807, 2.05) is 19.9 Å². The number of benzene rings is 3. The average Bonchev–Trinajstić information content (AvgIpc) is 3.33. The number of carbonyl (C=O) groups is 1. The van der Waals surface area contributed by atoms with Gasteiger partial charge in [0.25, 0.3) is 5.56 Å². The molecule has 0 spiro atoms. The van der Waals surface area contributed by atoms with E-state index in [4.69, 9.17) is 23.7 Å². The Balaban J connectivity index is 1.57. The van der Waals surface area contributed by atoms with Crippen LogP contribution in [-0.4, -0.2) is 37.5 Å². The molecule has 5 rings (SSSR count). The minimum absolute atomic E-state index is 0.0263. The molecule has 0 bridgehead atoms. The van der Waals surface area contributed by atoms with Crippen molar-refractivity contribution in [3.05, 3.63) is 114 Å². The van der Waals surface area contributed by atoms with Crippen molar-refractivity contribution in [2.75, 3.05) is 20.8 Å². The number of halogens is 1. The van der Waals surface area contributed by atoms with Crippen molar-refractivity contribution in [3.63, 3.8) is 0 Å². The maximum atomic E-state index is 14.1. The smallest absolute Gasteiger partial charge is 0.338 e. The van der Waals surface area contributed by atoms with E-state index in [1.165, 1.54) is 36.2 Å². The maximum Gasteiger partial charge on any atom is 0.338 e. The average molecular weight is 647 g/mol. The number of methoxy groups -OCH3 is 2. The van der Waals surface area contributed by atoms with Crippen molar-refractivity contribution in [1.82, 2.24) is 4.57 Å². The molecule has 0 N–H and O–H groups in total. The number of thiazole rings is 1. The number of nitrogens with zero attached hydrogens (tertiary/aromatic N) is 2. The molecule has 11 heteroatoms. The molecule has 0 saturated heterocycles. The first-order valence-electron chi connectivity index (χ1n) is 14.7. The molecule has 0 fully saturated rings. The molecule has 240 valence electrons. The van der Waals surface area contributed by atoms with Gasteiger partial charge in [-0.15, -0.1) is 0 Å². The third kappa shape index (κ3) is 6.69. The normalized spacial score (nSPS) is 14.5. The highest BCUT2D eigenvalue weighted by atomic mass is 32.1. The van der Waals surface area contributed by atoms with Crippen LogP contribution in [0.15, 0.2) is 81.7 Å². The third-order valence-electron chi connectivity index (χ3n) is 7.21. The fourth-order valence-corrected chi connectivity index (χ4v) is 6.17. The summed E-state index contributed by atoms with van der Waals surface area (Å²) in [5, 5.41) is 0. The molecule has 3 aromatic carbocycles. The van der Waals surface area contributed by atoms with Crippen LogP contribution in [-0.2, 0) is 16.1 Å². The Hall–Kier alpha value is -4.90. The van der Waals surface area contributed by atoms with Gasteiger partial charge in [0.15, 0.2) is 27.8 Å². The first-order chi connectivity index (χ1) is 22.1. The third-order valence-corrected chi connectivity index (χ3v) is 8.19. The summed E-state index contributed by atoms with van der Waals surface area (Å²) in [5.74, 6) is 0.953. The summed E-state index contributed by atoms with van der Waals surface area (Å²) >= 11 is 1.21. The van der Waals surface area contributed by atoms with Crippen molar-refractivity contribution in [1.29, 1.82) is 0 Å². The number of carbonyl (C=O) groups excluding carboxylic acids is 1. The van der Waals surface area contributed by atoms with E-state index in [-0.39, 0.29) is 36.3 Å². The molecule has 1 aliphatic rings. The predicted octanol–water partition coefficient (Wildman–Crippen LogP) is 5.32. The molecule has 0 amide bonds. The van der Waals surface area contributed by atoms with Crippen LogP contribution in [0.2, 0.25) is 0 Å². The zero-order chi connectivity index (χ0) is 33.0. The summed E-state index contributed by atoms with van der Waals surface area (Å²) in [6, 6.07) is 16.2. The maximum absolute atomic E-state index is 14.1. The SMILES string of the molecule is CCOC(=O)C1=C(C)N=c2s/c(=C\c3ccc(OCc4ccccc4F)c(OC)c3)c(=O)n2[C@@H]1c1ccc(OC(C)C)c(OC)c1. The molecule has 1 aromatic heterocycles. The first kappa shape index (κ1) is 32.5. The van der Waals surface area contributed by atoms with Gasteiger partial charge in [-0.25, -0.2) is 14.2 Å². The minimum atomic E-state index is -0.817. The first-order valence-corrected chi connectivity index (χ1v) is 15.5. The predicted molar refractivity (Wildman–Crippen MR) is 173 cm³/mol. The van der Waals surface area contributed by atoms with Gasteiger partial charge in [0, 0.05) is 5.56 Å². The van der Waals surface area contributed by atoms with Crippen LogP contribution >= 0.6 is 11.3 Å². The van der Waals surface area contributed by atoms with Crippen LogP contribution in [0.25, 0.3) is 6.08 Å². The zero-order valence-electron chi connectivity index (χ0n) is 26.5. The Morgan fingerprint density at radius 1 is 1.02 bits per heavy atom. The van der Waals surface area contributed by atoms with E-state index in [0.29, 0.717) is 54.7 Å². The highest BCUT2D eigenvalue weighted by molar-refractivity contribution is 7.07. The van der Waals surface area contributed by atoms with E-state index in [2.05, 4.69) is 4.99 Å². The van der Waals surface area contributed by atoms with Gasteiger partial charge >= 0.3 is 5.97 Å². The van der Waals surface area contributed by atoms with Gasteiger partial charge in [-0.1, -0.05) is 41.7 Å². The van der Waals surface area contributed by atoms with Crippen LogP contribution in [0.5, 0.6) is 23.0 Å². The second-order valence-corrected chi connectivity index (χ2v) is 11.7. The Labute approximate surface area is 269 Å². The summed E-state index contributed by atoms with van der Waals surface area (Å²) in [5.41, 5.74) is 2.12. The summed E-state index contributed by atoms with van der Waals surface area (Å²) in [6.07, 6.45) is 1.65. The van der Waals surface area contributed by atoms with Gasteiger partial charge in [-0.05, 0) is 75.2 Å². The lowest BCUT2D eigenvalue weighted by Crippen LogP contribution is -2.40. The van der Waals surface area contributed by atoms with Gasteiger partial charge in [0.1, 0.15) is 12.4 Å². The number of fused-ring (bicyclic) bond motifs is 1. The van der Waals surface area contributed by atoms with Crippen LogP contribution in [0, 0.1) is 5.82 Å². The van der Waals surface area contributed by atoms with E-state index in [9.17, 15) is 14.0 Å². The van der Waals surface area contributed by atoms with Crippen molar-refractivity contribution >= 4 is 23.4 Å². The molecular formula is C35H35FN2O7S. The van der Waals surface area contributed by atoms with Crippen LogP contribution < -0.4 is 33.8 Å². The molecule has 0 saturated carbocycles. The van der Waals surface area contributed by atoms with E-state index in [1.54, 1.807) is 68.5 Å². The molecular weight excluding hydrogens is 611 g/mol. The second kappa shape index (κ2) is 14.0. The number of rotatable bonds is 11. The lowest BCUT2D eigenvalue weighted by atomic mass is 9.95. The number of esters is 1. The number of allylic oxidation sites excluding steroid dienone is 1. The highest BCUT2D eigenvalue weighted by Gasteiger charge is 2.34. The van der Waals surface area contributed by atoms with Crippen molar-refractivity contribution < 1.29 is 32.9 Å². The summed E-state index contributed by atoms with van der Waals surface area (Å²) in [4.78, 5) is 32.4. The molecule has 46 heavy (non-hydrogen) atoms. The Kier molecular flexibility index (Phi) is 9.91. The fraction of sp³-hybridized carbons (Fsp3) is 0.286. The number of hydrogen-bond acceptors (Lipinski definition) is 9. The van der Waals surface area contributed by atoms with Crippen LogP contribution in [0.4, 0.5) is 4.39 Å². The summed E-state index contributed by atoms with van der Waals surface area (Å²) in [7, 11) is 3.05. The lowest BCUT2D eigenvalue weighted by molar-refractivity contribution is -0.139. The van der Waals surface area contributed by atoms with Crippen molar-refractivity contribution in [3.8, 4) is 23.0 Å². The topological polar surface area (TPSA) is 97.6 Å². The molecule has 9 nitrogen and oxygen atoms in total. The van der Waals surface area contributed by atoms with Crippen LogP contribution in [0.3, 0.4) is 0 Å². The van der Waals surface area contributed by atoms with E-state index >= 15 is 0 Å². The highest BCUT2D eigenvalue weighted by Crippen LogP contribution is 2.36. The largest absolute Gasteiger partial charge is 0.493 e. The molecule has 0 radical (unpaired) electrons. The van der Waals surface area contributed by atoms with Gasteiger partial charge in [0.2, 0.25) is 0 Å². The van der Waals surface area contributed by atoms with E-state index in [0.717, 1.165) is 0 Å². The lowest BCUT2D eigenvalue weighted by Gasteiger charge is -2.25. The van der Waals surface area contributed by atoms with Crippen molar-refractivity contribution in [2.45, 2.75) is 46.4 Å². The fourth-order valence-electron chi connectivity index (χ4n) is 5.13. The Morgan fingerprint density at radius 2 is 1.74 bits per heavy atom. The monoisotopic (exact) mass is 646 g/mol. The van der Waals surface area contributed by atoms with Gasteiger partial charge in [-0.3, -0.25) is 9.36 Å². The Bertz CT molecular complexity index is 1980. The molecule has 1 atom stereocenters. The minimum Gasteiger partial charge on any atom is -0.493 e. The molecule has 0 unspecified atom stereocenters. The van der Waals surface area contributed by atoms with Gasteiger partial charge in [0.05, 0.1) is 48.8 Å². The van der Waals surface area contributed by atoms with E-state index < -0.39 is 12.0 Å². The number of ether oxygens (including phenoxy) is 5. The van der Waals surface area contributed by atoms with Crippen LogP contribution in [0.1, 0.15) is 50.4 Å². The standard InChI is InChI=1S/C35H35FN2O7S/c1-7-43-34(40)31-21(4)37-35-38(32(31)23-13-15-27(45-20(2)3)29(18-23)42-6)33(39)30(46-35)17-22-12-14-26(28(16-22)41-5)44-19-24-10-8-9-11-25(24)36/h8-18,20,32H,7,19H2,1-6H3/b30-17-/t32-/m1/s1. The quantitative estimate of drug-likeness (QED) is 0.204. The zero-order valence-corrected chi connectivity index (χ0v) is 27.3. The van der Waals surface area contributed by atoms with Gasteiger partial charge in [-0.2, -0.15) is 0 Å². The summed E-state index contributed by atoms with van der Waals surface area (Å²) < 4.78 is 44.3. The van der Waals surface area contributed by atoms with Crippen molar-refractivity contribution in [2.24, 2.45) is 4.99 Å². The molecule has 4 aromatic rings. The van der Waals surface area contributed by atoms with Gasteiger partial charge < -0.3 is 23.7 Å². The summed E-state index contributed by atoms with van der Waals surface area (Å²) in [6.45, 7) is 7.48. The number of hydrogen-bond donors (Lipinski definition) is 0. The number of aromatic nitrogens is 1. The second-order valence-electron chi connectivity index (χ2n) is 10.7. The Morgan fingerprint density at radius 3 is 2.43 bits per heavy atom. The molecule has 2 heterocycles. The molecule has 0 aliphatic carbocycles. The molecule has 1 aliphatic heterocycles.